The molecule has 142 valence electrons. The molecule has 0 bridgehead atoms. The van der Waals surface area contributed by atoms with Crippen molar-refractivity contribution in [1.29, 1.82) is 0 Å². The maximum atomic E-state index is 12.2. The molecule has 8 nitrogen and oxygen atoms in total. The lowest BCUT2D eigenvalue weighted by molar-refractivity contribution is -0.139. The lowest BCUT2D eigenvalue weighted by Crippen LogP contribution is -2.51. The first-order chi connectivity index (χ1) is 12.4. The molecule has 2 rings (SSSR count). The summed E-state index contributed by atoms with van der Waals surface area (Å²) in [6.07, 6.45) is 2.92. The Morgan fingerprint density at radius 3 is 2.35 bits per heavy atom. The van der Waals surface area contributed by atoms with E-state index in [2.05, 4.69) is 10.6 Å². The molecule has 0 spiro atoms. The van der Waals surface area contributed by atoms with Crippen LogP contribution in [0.25, 0.3) is 0 Å². The molecule has 3 N–H and O–H groups in total. The van der Waals surface area contributed by atoms with Crippen LogP contribution in [-0.2, 0) is 9.59 Å². The molecule has 1 fully saturated rings. The predicted octanol–water partition coefficient (Wildman–Crippen LogP) is 1.34. The van der Waals surface area contributed by atoms with Crippen molar-refractivity contribution in [3.05, 3.63) is 23.8 Å². The molecule has 0 unspecified atom stereocenters. The molecule has 0 saturated heterocycles. The number of rotatable bonds is 8. The summed E-state index contributed by atoms with van der Waals surface area (Å²) in [5.74, 6) is -0.863. The Kier molecular flexibility index (Phi) is 6.43. The van der Waals surface area contributed by atoms with Gasteiger partial charge in [0.2, 0.25) is 5.91 Å². The summed E-state index contributed by atoms with van der Waals surface area (Å²) in [7, 11) is 2.97. The molecule has 1 aliphatic rings. The summed E-state index contributed by atoms with van der Waals surface area (Å²) < 4.78 is 10.3. The van der Waals surface area contributed by atoms with Gasteiger partial charge in [0.25, 0.3) is 5.91 Å². The molecular weight excluding hydrogens is 340 g/mol. The summed E-state index contributed by atoms with van der Waals surface area (Å²) in [5, 5.41) is 14.4. The van der Waals surface area contributed by atoms with Crippen molar-refractivity contribution in [3.63, 3.8) is 0 Å². The van der Waals surface area contributed by atoms with Crippen LogP contribution < -0.4 is 20.1 Å². The Balaban J connectivity index is 1.94. The van der Waals surface area contributed by atoms with E-state index in [1.807, 2.05) is 0 Å². The number of carboxylic acid groups (broad SMARTS) is 1. The van der Waals surface area contributed by atoms with Gasteiger partial charge >= 0.3 is 5.97 Å². The van der Waals surface area contributed by atoms with E-state index in [-0.39, 0.29) is 13.0 Å². The van der Waals surface area contributed by atoms with Crippen LogP contribution in [0.15, 0.2) is 18.2 Å². The summed E-state index contributed by atoms with van der Waals surface area (Å²) in [4.78, 5) is 35.5. The van der Waals surface area contributed by atoms with Gasteiger partial charge in [-0.15, -0.1) is 0 Å². The Bertz CT molecular complexity index is 682. The van der Waals surface area contributed by atoms with Crippen LogP contribution in [0.1, 0.15) is 42.5 Å². The number of methoxy groups -OCH3 is 2. The van der Waals surface area contributed by atoms with Gasteiger partial charge in [-0.3, -0.25) is 14.4 Å². The van der Waals surface area contributed by atoms with Crippen molar-refractivity contribution in [2.45, 2.75) is 37.6 Å². The van der Waals surface area contributed by atoms with Crippen molar-refractivity contribution in [1.82, 2.24) is 10.6 Å². The number of amides is 2. The molecule has 8 heteroatoms. The third kappa shape index (κ3) is 4.87. The smallest absolute Gasteiger partial charge is 0.305 e. The minimum absolute atomic E-state index is 0.109. The second kappa shape index (κ2) is 8.55. The number of benzene rings is 1. The highest BCUT2D eigenvalue weighted by Gasteiger charge is 2.37. The van der Waals surface area contributed by atoms with Crippen LogP contribution in [0.3, 0.4) is 0 Å². The fourth-order valence-corrected chi connectivity index (χ4v) is 3.27. The number of ether oxygens (including phenoxy) is 2. The maximum absolute atomic E-state index is 12.2. The molecule has 0 aromatic heterocycles. The van der Waals surface area contributed by atoms with Crippen LogP contribution >= 0.6 is 0 Å². The Hall–Kier alpha value is -2.77. The van der Waals surface area contributed by atoms with Gasteiger partial charge < -0.3 is 25.2 Å². The molecular formula is C18H24N2O6. The minimum atomic E-state index is -0.943. The van der Waals surface area contributed by atoms with Crippen LogP contribution in [0.4, 0.5) is 0 Å². The Morgan fingerprint density at radius 2 is 1.77 bits per heavy atom. The number of carbonyl (C=O) groups excluding carboxylic acids is 2. The topological polar surface area (TPSA) is 114 Å². The van der Waals surface area contributed by atoms with E-state index >= 15 is 0 Å². The molecule has 1 saturated carbocycles. The summed E-state index contributed by atoms with van der Waals surface area (Å²) in [6, 6.07) is 4.70. The highest BCUT2D eigenvalue weighted by Crippen LogP contribution is 2.32. The standard InChI is InChI=1S/C18H24N2O6/c1-25-13-6-5-12(9-14(13)26-2)17(24)19-11-15(21)20-18(10-16(22)23)7-3-4-8-18/h5-6,9H,3-4,7-8,10-11H2,1-2H3,(H,19,24)(H,20,21)(H,22,23). The van der Waals surface area contributed by atoms with Gasteiger partial charge in [-0.25, -0.2) is 0 Å². The third-order valence-corrected chi connectivity index (χ3v) is 4.51. The number of carbonyl (C=O) groups is 3. The molecule has 26 heavy (non-hydrogen) atoms. The van der Waals surface area contributed by atoms with Crippen molar-refractivity contribution >= 4 is 17.8 Å². The van der Waals surface area contributed by atoms with Crippen LogP contribution in [0.2, 0.25) is 0 Å². The fraction of sp³-hybridized carbons (Fsp3) is 0.500. The first-order valence-electron chi connectivity index (χ1n) is 8.42. The SMILES string of the molecule is COc1ccc(C(=O)NCC(=O)NC2(CC(=O)O)CCCC2)cc1OC. The van der Waals surface area contributed by atoms with Gasteiger partial charge in [0.1, 0.15) is 0 Å². The van der Waals surface area contributed by atoms with Gasteiger partial charge in [0, 0.05) is 5.56 Å². The number of hydrogen-bond donors (Lipinski definition) is 3. The minimum Gasteiger partial charge on any atom is -0.493 e. The van der Waals surface area contributed by atoms with Gasteiger partial charge in [0.15, 0.2) is 11.5 Å². The predicted molar refractivity (Wildman–Crippen MR) is 93.5 cm³/mol. The monoisotopic (exact) mass is 364 g/mol. The quantitative estimate of drug-likeness (QED) is 0.641. The summed E-state index contributed by atoms with van der Waals surface area (Å²) in [6.45, 7) is -0.228. The number of nitrogens with one attached hydrogen (secondary N) is 2. The van der Waals surface area contributed by atoms with Gasteiger partial charge in [-0.2, -0.15) is 0 Å². The first-order valence-corrected chi connectivity index (χ1v) is 8.42. The van der Waals surface area contributed by atoms with Crippen molar-refractivity contribution in [3.8, 4) is 11.5 Å². The first kappa shape index (κ1) is 19.6. The zero-order chi connectivity index (χ0) is 19.2. The third-order valence-electron chi connectivity index (χ3n) is 4.51. The van der Waals surface area contributed by atoms with Crippen LogP contribution in [-0.4, -0.2) is 49.2 Å². The van der Waals surface area contributed by atoms with E-state index in [1.165, 1.54) is 20.3 Å². The van der Waals surface area contributed by atoms with Crippen molar-refractivity contribution < 1.29 is 29.0 Å². The Labute approximate surface area is 151 Å². The number of hydrogen-bond acceptors (Lipinski definition) is 5. The normalized spacial score (nSPS) is 15.2. The van der Waals surface area contributed by atoms with Gasteiger partial charge in [-0.1, -0.05) is 12.8 Å². The maximum Gasteiger partial charge on any atom is 0.305 e. The van der Waals surface area contributed by atoms with E-state index in [4.69, 9.17) is 14.6 Å². The molecule has 1 aromatic rings. The lowest BCUT2D eigenvalue weighted by atomic mass is 9.93. The molecule has 0 aliphatic heterocycles. The van der Waals surface area contributed by atoms with E-state index in [1.54, 1.807) is 12.1 Å². The van der Waals surface area contributed by atoms with Crippen molar-refractivity contribution in [2.75, 3.05) is 20.8 Å². The van der Waals surface area contributed by atoms with Gasteiger partial charge in [0.05, 0.1) is 32.7 Å². The average Bonchev–Trinajstić information content (AvgIpc) is 3.05. The molecule has 2 amide bonds. The second-order valence-electron chi connectivity index (χ2n) is 6.36. The number of carboxylic acids is 1. The average molecular weight is 364 g/mol. The molecule has 1 aliphatic carbocycles. The zero-order valence-electron chi connectivity index (χ0n) is 15.0. The molecule has 0 radical (unpaired) electrons. The molecule has 0 atom stereocenters. The highest BCUT2D eigenvalue weighted by molar-refractivity contribution is 5.97. The van der Waals surface area contributed by atoms with Crippen LogP contribution in [0, 0.1) is 0 Å². The Morgan fingerprint density at radius 1 is 1.12 bits per heavy atom. The zero-order valence-corrected chi connectivity index (χ0v) is 15.0. The number of aliphatic carboxylic acids is 1. The van der Waals surface area contributed by atoms with Gasteiger partial charge in [-0.05, 0) is 31.0 Å². The van der Waals surface area contributed by atoms with E-state index < -0.39 is 23.3 Å². The molecule has 1 aromatic carbocycles. The highest BCUT2D eigenvalue weighted by atomic mass is 16.5. The summed E-state index contributed by atoms with van der Waals surface area (Å²) in [5.41, 5.74) is -0.381. The van der Waals surface area contributed by atoms with E-state index in [9.17, 15) is 14.4 Å². The summed E-state index contributed by atoms with van der Waals surface area (Å²) >= 11 is 0. The fourth-order valence-electron chi connectivity index (χ4n) is 3.27. The second-order valence-corrected chi connectivity index (χ2v) is 6.36. The van der Waals surface area contributed by atoms with E-state index in [0.29, 0.717) is 29.9 Å². The van der Waals surface area contributed by atoms with Crippen molar-refractivity contribution in [2.24, 2.45) is 0 Å². The largest absolute Gasteiger partial charge is 0.493 e. The van der Waals surface area contributed by atoms with Crippen LogP contribution in [0.5, 0.6) is 11.5 Å². The molecule has 0 heterocycles. The lowest BCUT2D eigenvalue weighted by Gasteiger charge is -2.28. The van der Waals surface area contributed by atoms with E-state index in [0.717, 1.165) is 12.8 Å².